The van der Waals surface area contributed by atoms with Crippen molar-refractivity contribution in [3.05, 3.63) is 47.5 Å². The van der Waals surface area contributed by atoms with Gasteiger partial charge in [-0.15, -0.1) is 0 Å². The Morgan fingerprint density at radius 2 is 1.97 bits per heavy atom. The van der Waals surface area contributed by atoms with Gasteiger partial charge in [-0.05, 0) is 43.3 Å². The topological polar surface area (TPSA) is 115 Å². The average molecular weight is 482 g/mol. The second kappa shape index (κ2) is 10.1. The number of imidazole rings is 1. The number of fused-ring (bicyclic) bond motifs is 2. The number of aromatic nitrogens is 3. The van der Waals surface area contributed by atoms with Crippen LogP contribution in [0.15, 0.2) is 36.4 Å². The maximum Gasteiger partial charge on any atom is 0.416 e. The van der Waals surface area contributed by atoms with Crippen molar-refractivity contribution in [2.24, 2.45) is 12.8 Å². The number of rotatable bonds is 6. The van der Waals surface area contributed by atoms with Gasteiger partial charge in [0, 0.05) is 20.2 Å². The third-order valence-corrected chi connectivity index (χ3v) is 5.46. The van der Waals surface area contributed by atoms with Gasteiger partial charge in [0.05, 0.1) is 39.0 Å². The molecule has 2 heterocycles. The molecule has 8 nitrogen and oxygen atoms in total. The summed E-state index contributed by atoms with van der Waals surface area (Å²) in [4.78, 5) is 19.7. The number of thiazole rings is 1. The van der Waals surface area contributed by atoms with E-state index in [9.17, 15) is 18.0 Å². The molecule has 12 heteroatoms. The molecule has 0 aliphatic carbocycles. The Bertz CT molecular complexity index is 1270. The number of nitrogens with two attached hydrogens (primary N) is 1. The van der Waals surface area contributed by atoms with Gasteiger partial charge in [0.15, 0.2) is 5.13 Å². The lowest BCUT2D eigenvalue weighted by molar-refractivity contribution is -0.137. The largest absolute Gasteiger partial charge is 0.478 e. The fourth-order valence-corrected chi connectivity index (χ4v) is 3.82. The van der Waals surface area contributed by atoms with Crippen molar-refractivity contribution in [2.45, 2.75) is 13.1 Å². The summed E-state index contributed by atoms with van der Waals surface area (Å²) >= 11 is 1.08. The third kappa shape index (κ3) is 5.78. The number of aryl methyl sites for hydroxylation is 1. The molecule has 33 heavy (non-hydrogen) atoms. The van der Waals surface area contributed by atoms with E-state index in [1.54, 1.807) is 17.7 Å². The van der Waals surface area contributed by atoms with Crippen LogP contribution < -0.4 is 11.1 Å². The zero-order valence-corrected chi connectivity index (χ0v) is 18.6. The molecular formula is C21H22F3N5O3S. The van der Waals surface area contributed by atoms with Crippen molar-refractivity contribution in [2.75, 3.05) is 25.1 Å². The molecule has 0 bridgehead atoms. The highest BCUT2D eigenvalue weighted by molar-refractivity contribution is 7.22. The summed E-state index contributed by atoms with van der Waals surface area (Å²) in [5.74, 6) is -0.647. The third-order valence-electron chi connectivity index (χ3n) is 4.53. The van der Waals surface area contributed by atoms with Crippen LogP contribution >= 0.6 is 11.3 Å². The first-order valence-corrected chi connectivity index (χ1v) is 10.7. The maximum absolute atomic E-state index is 12.8. The number of halogens is 3. The lowest BCUT2D eigenvalue weighted by Gasteiger charge is -2.04. The molecule has 0 amide bonds. The van der Waals surface area contributed by atoms with Gasteiger partial charge >= 0.3 is 12.1 Å². The minimum Gasteiger partial charge on any atom is -0.478 e. The summed E-state index contributed by atoms with van der Waals surface area (Å²) < 4.78 is 45.5. The molecule has 2 aromatic carbocycles. The average Bonchev–Trinajstić information content (AvgIpc) is 3.31. The number of benzene rings is 2. The zero-order chi connectivity index (χ0) is 24.2. The first kappa shape index (κ1) is 24.4. The molecule has 0 aliphatic heterocycles. The Labute approximate surface area is 190 Å². The van der Waals surface area contributed by atoms with Crippen molar-refractivity contribution < 1.29 is 27.8 Å². The number of nitrogens with one attached hydrogen (secondary N) is 1. The number of anilines is 2. The van der Waals surface area contributed by atoms with Crippen LogP contribution in [0.2, 0.25) is 0 Å². The van der Waals surface area contributed by atoms with E-state index < -0.39 is 17.7 Å². The van der Waals surface area contributed by atoms with E-state index >= 15 is 0 Å². The van der Waals surface area contributed by atoms with Crippen LogP contribution in [-0.2, 0) is 18.0 Å². The summed E-state index contributed by atoms with van der Waals surface area (Å²) in [6.07, 6.45) is -4.41. The summed E-state index contributed by atoms with van der Waals surface area (Å²) in [6.45, 7) is 4.05. The van der Waals surface area contributed by atoms with Gasteiger partial charge in [-0.1, -0.05) is 11.3 Å². The second-order valence-corrected chi connectivity index (χ2v) is 7.84. The van der Waals surface area contributed by atoms with Crippen LogP contribution in [0.25, 0.3) is 21.3 Å². The molecule has 4 rings (SSSR count). The maximum atomic E-state index is 12.8. The van der Waals surface area contributed by atoms with E-state index in [0.717, 1.165) is 30.1 Å². The first-order valence-electron chi connectivity index (χ1n) is 9.86. The molecule has 2 aromatic heterocycles. The summed E-state index contributed by atoms with van der Waals surface area (Å²) in [5.41, 5.74) is 6.12. The highest BCUT2D eigenvalue weighted by Gasteiger charge is 2.30. The lowest BCUT2D eigenvalue weighted by atomic mass is 10.2. The van der Waals surface area contributed by atoms with Gasteiger partial charge < -0.3 is 25.5 Å². The van der Waals surface area contributed by atoms with Crippen molar-refractivity contribution in [3.63, 3.8) is 0 Å². The van der Waals surface area contributed by atoms with Gasteiger partial charge in [-0.2, -0.15) is 13.2 Å². The molecule has 4 N–H and O–H groups in total. The number of hydrogen-bond acceptors (Lipinski definition) is 7. The number of nitrogens with zero attached hydrogens (tertiary/aromatic N) is 3. The number of alkyl halides is 3. The molecular weight excluding hydrogens is 459 g/mol. The van der Waals surface area contributed by atoms with E-state index in [4.69, 9.17) is 15.6 Å². The number of carboxylic acid groups (broad SMARTS) is 1. The van der Waals surface area contributed by atoms with Gasteiger partial charge in [0.2, 0.25) is 5.95 Å². The molecule has 0 spiro atoms. The summed E-state index contributed by atoms with van der Waals surface area (Å²) in [6, 6.07) is 7.96. The van der Waals surface area contributed by atoms with Crippen LogP contribution in [0.4, 0.5) is 24.3 Å². The van der Waals surface area contributed by atoms with Crippen LogP contribution in [-0.4, -0.2) is 45.4 Å². The Hall–Kier alpha value is -3.22. The number of ether oxygens (including phenoxy) is 1. The molecule has 0 fully saturated rings. The molecule has 0 aliphatic rings. The highest BCUT2D eigenvalue weighted by Crippen LogP contribution is 2.35. The Morgan fingerprint density at radius 3 is 2.58 bits per heavy atom. The number of aromatic carboxylic acids is 1. The fraction of sp³-hybridized carbons (Fsp3) is 0.286. The normalized spacial score (nSPS) is 11.5. The monoisotopic (exact) mass is 481 g/mol. The number of carbonyl (C=O) groups is 1. The van der Waals surface area contributed by atoms with Crippen molar-refractivity contribution >= 4 is 49.6 Å². The lowest BCUT2D eigenvalue weighted by Crippen LogP contribution is -2.07. The summed E-state index contributed by atoms with van der Waals surface area (Å²) in [5, 5.41) is 12.5. The second-order valence-electron chi connectivity index (χ2n) is 6.81. The van der Waals surface area contributed by atoms with Crippen LogP contribution in [0.5, 0.6) is 0 Å². The van der Waals surface area contributed by atoms with E-state index in [-0.39, 0.29) is 5.56 Å². The molecule has 0 unspecified atom stereocenters. The fourth-order valence-electron chi connectivity index (χ4n) is 2.92. The van der Waals surface area contributed by atoms with Gasteiger partial charge in [0.25, 0.3) is 0 Å². The van der Waals surface area contributed by atoms with E-state index in [1.165, 1.54) is 18.2 Å². The number of carboxylic acids is 1. The smallest absolute Gasteiger partial charge is 0.416 e. The SMILES string of the molecule is CCOCCN.Cn1c(Nc2nc3ccc(C(F)(F)F)cc3s2)nc2cc(C(=O)O)ccc21. The highest BCUT2D eigenvalue weighted by atomic mass is 32.1. The Kier molecular flexibility index (Phi) is 7.51. The summed E-state index contributed by atoms with van der Waals surface area (Å²) in [7, 11) is 1.74. The zero-order valence-electron chi connectivity index (χ0n) is 17.8. The molecule has 176 valence electrons. The van der Waals surface area contributed by atoms with Crippen LogP contribution in [0.1, 0.15) is 22.8 Å². The standard InChI is InChI=1S/C17H11F3N4O2S.C4H11NO/c1-24-12-5-2-8(14(25)26)6-11(12)21-15(24)23-16-22-10-4-3-9(17(18,19)20)7-13(10)27-16;1-2-6-4-3-5/h2-7H,1H3,(H,25,26)(H,21,22,23);2-5H2,1H3. The van der Waals surface area contributed by atoms with Gasteiger partial charge in [-0.3, -0.25) is 0 Å². The van der Waals surface area contributed by atoms with Crippen molar-refractivity contribution in [1.82, 2.24) is 14.5 Å². The Morgan fingerprint density at radius 1 is 1.21 bits per heavy atom. The van der Waals surface area contributed by atoms with Gasteiger partial charge in [0.1, 0.15) is 0 Å². The van der Waals surface area contributed by atoms with E-state index in [2.05, 4.69) is 15.3 Å². The first-order chi connectivity index (χ1) is 15.6. The molecule has 0 atom stereocenters. The predicted octanol–water partition coefficient (Wildman–Crippen LogP) is 4.63. The predicted molar refractivity (Wildman–Crippen MR) is 121 cm³/mol. The molecule has 0 radical (unpaired) electrons. The van der Waals surface area contributed by atoms with E-state index in [1.807, 2.05) is 6.92 Å². The molecule has 0 saturated heterocycles. The Balaban J connectivity index is 0.000000454. The van der Waals surface area contributed by atoms with Crippen molar-refractivity contribution in [1.29, 1.82) is 0 Å². The van der Waals surface area contributed by atoms with Gasteiger partial charge in [-0.25, -0.2) is 14.8 Å². The quantitative estimate of drug-likeness (QED) is 0.344. The minimum atomic E-state index is -4.41. The van der Waals surface area contributed by atoms with Crippen LogP contribution in [0, 0.1) is 0 Å². The van der Waals surface area contributed by atoms with E-state index in [0.29, 0.717) is 45.5 Å². The minimum absolute atomic E-state index is 0.117. The molecule has 0 saturated carbocycles. The van der Waals surface area contributed by atoms with Crippen LogP contribution in [0.3, 0.4) is 0 Å². The molecule has 4 aromatic rings. The number of hydrogen-bond donors (Lipinski definition) is 3. The van der Waals surface area contributed by atoms with Crippen molar-refractivity contribution in [3.8, 4) is 0 Å².